The molecule has 1 atom stereocenters. The molecule has 2 rings (SSSR count). The normalized spacial score (nSPS) is 20.1. The minimum absolute atomic E-state index is 0.0315. The molecule has 1 fully saturated rings. The lowest BCUT2D eigenvalue weighted by Gasteiger charge is -2.35. The molecule has 0 bridgehead atoms. The number of nitrogens with zero attached hydrogens (tertiary/aromatic N) is 2. The molecular formula is C13H19ClN4O. The molecule has 0 saturated carbocycles. The Kier molecular flexibility index (Phi) is 4.37. The first-order valence-corrected chi connectivity index (χ1v) is 6.87. The molecule has 1 aromatic rings. The van der Waals surface area contributed by atoms with Crippen molar-refractivity contribution in [2.75, 3.05) is 18.4 Å². The Morgan fingerprint density at radius 3 is 2.95 bits per heavy atom. The highest BCUT2D eigenvalue weighted by atomic mass is 35.5. The first-order chi connectivity index (χ1) is 9.00. The molecule has 0 aliphatic carbocycles. The third-order valence-corrected chi connectivity index (χ3v) is 3.98. The maximum Gasteiger partial charge on any atom is 0.231 e. The standard InChI is InChI=1S/C13H19ClN4O/c1-13(2,9-4-3-5-15-7-9)12(19)18-11-6-10(14)16-8-17-11/h6,8-9,15H,3-5,7H2,1-2H3,(H,16,17,18,19). The molecule has 0 radical (unpaired) electrons. The number of hydrogen-bond donors (Lipinski definition) is 2. The largest absolute Gasteiger partial charge is 0.316 e. The Morgan fingerprint density at radius 1 is 1.53 bits per heavy atom. The van der Waals surface area contributed by atoms with Gasteiger partial charge in [-0.05, 0) is 31.8 Å². The van der Waals surface area contributed by atoms with Crippen molar-refractivity contribution in [3.63, 3.8) is 0 Å². The lowest BCUT2D eigenvalue weighted by molar-refractivity contribution is -0.127. The Morgan fingerprint density at radius 2 is 2.32 bits per heavy atom. The van der Waals surface area contributed by atoms with Gasteiger partial charge in [0.05, 0.1) is 0 Å². The molecule has 1 aromatic heterocycles. The van der Waals surface area contributed by atoms with Gasteiger partial charge < -0.3 is 10.6 Å². The first-order valence-electron chi connectivity index (χ1n) is 6.50. The molecule has 2 N–H and O–H groups in total. The number of anilines is 1. The van der Waals surface area contributed by atoms with Crippen molar-refractivity contribution in [3.8, 4) is 0 Å². The molecular weight excluding hydrogens is 264 g/mol. The van der Waals surface area contributed by atoms with Gasteiger partial charge in [0.15, 0.2) is 0 Å². The molecule has 19 heavy (non-hydrogen) atoms. The van der Waals surface area contributed by atoms with Crippen LogP contribution in [0.2, 0.25) is 5.15 Å². The van der Waals surface area contributed by atoms with E-state index in [0.29, 0.717) is 16.9 Å². The van der Waals surface area contributed by atoms with E-state index in [-0.39, 0.29) is 5.91 Å². The molecule has 0 spiro atoms. The number of amides is 1. The lowest BCUT2D eigenvalue weighted by atomic mass is 9.74. The predicted molar refractivity (Wildman–Crippen MR) is 75.0 cm³/mol. The molecule has 0 aromatic carbocycles. The van der Waals surface area contributed by atoms with Gasteiger partial charge in [0, 0.05) is 11.5 Å². The monoisotopic (exact) mass is 282 g/mol. The van der Waals surface area contributed by atoms with Crippen LogP contribution < -0.4 is 10.6 Å². The maximum atomic E-state index is 12.4. The van der Waals surface area contributed by atoms with E-state index in [1.807, 2.05) is 13.8 Å². The summed E-state index contributed by atoms with van der Waals surface area (Å²) in [6.45, 7) is 5.87. The van der Waals surface area contributed by atoms with Crippen LogP contribution in [-0.2, 0) is 4.79 Å². The number of aromatic nitrogens is 2. The van der Waals surface area contributed by atoms with Gasteiger partial charge in [-0.2, -0.15) is 0 Å². The van der Waals surface area contributed by atoms with Gasteiger partial charge in [0.25, 0.3) is 0 Å². The third-order valence-electron chi connectivity index (χ3n) is 3.78. The van der Waals surface area contributed by atoms with Crippen molar-refractivity contribution in [3.05, 3.63) is 17.5 Å². The molecule has 1 amide bonds. The Bertz CT molecular complexity index is 458. The summed E-state index contributed by atoms with van der Waals surface area (Å²) in [4.78, 5) is 20.2. The fraction of sp³-hybridized carbons (Fsp3) is 0.615. The van der Waals surface area contributed by atoms with Crippen LogP contribution in [0.15, 0.2) is 12.4 Å². The molecule has 104 valence electrons. The van der Waals surface area contributed by atoms with Gasteiger partial charge in [0.1, 0.15) is 17.3 Å². The van der Waals surface area contributed by atoms with Crippen molar-refractivity contribution < 1.29 is 4.79 Å². The number of nitrogens with one attached hydrogen (secondary N) is 2. The summed E-state index contributed by atoms with van der Waals surface area (Å²) in [5.74, 6) is 0.747. The Hall–Kier alpha value is -1.20. The summed E-state index contributed by atoms with van der Waals surface area (Å²) in [6.07, 6.45) is 3.52. The minimum Gasteiger partial charge on any atom is -0.316 e. The van der Waals surface area contributed by atoms with Gasteiger partial charge in [-0.3, -0.25) is 4.79 Å². The Labute approximate surface area is 118 Å². The summed E-state index contributed by atoms with van der Waals surface area (Å²) in [5, 5.41) is 6.48. The molecule has 5 nitrogen and oxygen atoms in total. The summed E-state index contributed by atoms with van der Waals surface area (Å²) >= 11 is 5.78. The van der Waals surface area contributed by atoms with E-state index in [1.54, 1.807) is 6.07 Å². The van der Waals surface area contributed by atoms with Crippen LogP contribution in [-0.4, -0.2) is 29.0 Å². The molecule has 1 aliphatic rings. The Balaban J connectivity index is 2.05. The average molecular weight is 283 g/mol. The van der Waals surface area contributed by atoms with E-state index >= 15 is 0 Å². The number of carbonyl (C=O) groups excluding carboxylic acids is 1. The van der Waals surface area contributed by atoms with E-state index in [9.17, 15) is 4.79 Å². The smallest absolute Gasteiger partial charge is 0.231 e. The zero-order chi connectivity index (χ0) is 13.9. The van der Waals surface area contributed by atoms with Crippen molar-refractivity contribution in [1.82, 2.24) is 15.3 Å². The van der Waals surface area contributed by atoms with Gasteiger partial charge in [-0.1, -0.05) is 25.4 Å². The zero-order valence-corrected chi connectivity index (χ0v) is 12.0. The van der Waals surface area contributed by atoms with Gasteiger partial charge in [0.2, 0.25) is 5.91 Å². The van der Waals surface area contributed by atoms with E-state index in [2.05, 4.69) is 20.6 Å². The van der Waals surface area contributed by atoms with E-state index < -0.39 is 5.41 Å². The first kappa shape index (κ1) is 14.2. The second-order valence-corrected chi connectivity index (χ2v) is 5.83. The molecule has 1 saturated heterocycles. The second kappa shape index (κ2) is 5.84. The molecule has 1 aliphatic heterocycles. The number of piperidine rings is 1. The lowest BCUT2D eigenvalue weighted by Crippen LogP contribution is -2.44. The maximum absolute atomic E-state index is 12.4. The second-order valence-electron chi connectivity index (χ2n) is 5.45. The summed E-state index contributed by atoms with van der Waals surface area (Å²) in [6, 6.07) is 1.55. The van der Waals surface area contributed by atoms with Crippen LogP contribution in [0, 0.1) is 11.3 Å². The van der Waals surface area contributed by atoms with Crippen LogP contribution in [0.1, 0.15) is 26.7 Å². The van der Waals surface area contributed by atoms with Crippen molar-refractivity contribution in [2.24, 2.45) is 11.3 Å². The fourth-order valence-electron chi connectivity index (χ4n) is 2.33. The van der Waals surface area contributed by atoms with E-state index in [1.165, 1.54) is 6.33 Å². The zero-order valence-electron chi connectivity index (χ0n) is 11.2. The van der Waals surface area contributed by atoms with Crippen LogP contribution in [0.5, 0.6) is 0 Å². The van der Waals surface area contributed by atoms with Crippen LogP contribution in [0.4, 0.5) is 5.82 Å². The predicted octanol–water partition coefficient (Wildman–Crippen LogP) is 2.09. The van der Waals surface area contributed by atoms with Crippen LogP contribution in [0.25, 0.3) is 0 Å². The highest BCUT2D eigenvalue weighted by molar-refractivity contribution is 6.29. The SMILES string of the molecule is CC(C)(C(=O)Nc1cc(Cl)ncn1)C1CCCNC1. The highest BCUT2D eigenvalue weighted by Gasteiger charge is 2.37. The number of carbonyl (C=O) groups is 1. The van der Waals surface area contributed by atoms with Crippen molar-refractivity contribution in [1.29, 1.82) is 0 Å². The third kappa shape index (κ3) is 3.42. The molecule has 2 heterocycles. The van der Waals surface area contributed by atoms with E-state index in [0.717, 1.165) is 25.9 Å². The molecule has 1 unspecified atom stereocenters. The average Bonchev–Trinajstić information content (AvgIpc) is 2.39. The van der Waals surface area contributed by atoms with Gasteiger partial charge in [-0.15, -0.1) is 0 Å². The van der Waals surface area contributed by atoms with Crippen LogP contribution in [0.3, 0.4) is 0 Å². The van der Waals surface area contributed by atoms with Gasteiger partial charge in [-0.25, -0.2) is 9.97 Å². The summed E-state index contributed by atoms with van der Waals surface area (Å²) < 4.78 is 0. The highest BCUT2D eigenvalue weighted by Crippen LogP contribution is 2.32. The number of rotatable bonds is 3. The minimum atomic E-state index is -0.440. The number of hydrogen-bond acceptors (Lipinski definition) is 4. The topological polar surface area (TPSA) is 66.9 Å². The molecule has 6 heteroatoms. The summed E-state index contributed by atoms with van der Waals surface area (Å²) in [7, 11) is 0. The van der Waals surface area contributed by atoms with E-state index in [4.69, 9.17) is 11.6 Å². The van der Waals surface area contributed by atoms with Crippen molar-refractivity contribution >= 4 is 23.3 Å². The van der Waals surface area contributed by atoms with Crippen molar-refractivity contribution in [2.45, 2.75) is 26.7 Å². The summed E-state index contributed by atoms with van der Waals surface area (Å²) in [5.41, 5.74) is -0.440. The quantitative estimate of drug-likeness (QED) is 0.833. The van der Waals surface area contributed by atoms with Crippen LogP contribution >= 0.6 is 11.6 Å². The van der Waals surface area contributed by atoms with Gasteiger partial charge >= 0.3 is 0 Å². The number of halogens is 1. The fourth-order valence-corrected chi connectivity index (χ4v) is 2.48.